The first-order valence-electron chi connectivity index (χ1n) is 10.2. The highest BCUT2D eigenvalue weighted by molar-refractivity contribution is 8.00. The van der Waals surface area contributed by atoms with Crippen molar-refractivity contribution >= 4 is 45.7 Å². The summed E-state index contributed by atoms with van der Waals surface area (Å²) >= 11 is 2.79. The van der Waals surface area contributed by atoms with Gasteiger partial charge in [0.05, 0.1) is 29.2 Å². The minimum absolute atomic E-state index is 0.0205. The van der Waals surface area contributed by atoms with Gasteiger partial charge in [0.15, 0.2) is 5.78 Å². The molecule has 0 spiro atoms. The fraction of sp³-hybridized carbons (Fsp3) is 0.391. The predicted octanol–water partition coefficient (Wildman–Crippen LogP) is 4.76. The molecule has 4 rings (SSSR count). The Morgan fingerprint density at radius 3 is 2.74 bits per heavy atom. The van der Waals surface area contributed by atoms with Gasteiger partial charge in [-0.1, -0.05) is 11.8 Å². The van der Waals surface area contributed by atoms with E-state index in [9.17, 15) is 9.59 Å². The Bertz CT molecular complexity index is 1150. The van der Waals surface area contributed by atoms with E-state index >= 15 is 0 Å². The Balaban J connectivity index is 1.45. The molecule has 1 fully saturated rings. The van der Waals surface area contributed by atoms with E-state index in [1.807, 2.05) is 44.2 Å². The van der Waals surface area contributed by atoms with Crippen LogP contribution in [-0.2, 0) is 4.79 Å². The molecule has 2 heterocycles. The second kappa shape index (κ2) is 8.59. The SMILES string of the molecule is COc1ccc2nc(C)nc(SCC(=O)c3ccc(C(C)C(=O)NC4(C)CC4)s3)c2c1. The van der Waals surface area contributed by atoms with Crippen LogP contribution in [0.15, 0.2) is 35.4 Å². The lowest BCUT2D eigenvalue weighted by Gasteiger charge is -2.15. The van der Waals surface area contributed by atoms with Crippen LogP contribution in [0.2, 0.25) is 0 Å². The van der Waals surface area contributed by atoms with Crippen LogP contribution in [0.5, 0.6) is 5.75 Å². The third-order valence-corrected chi connectivity index (χ3v) is 7.77. The van der Waals surface area contributed by atoms with Gasteiger partial charge in [-0.3, -0.25) is 9.59 Å². The van der Waals surface area contributed by atoms with Crippen LogP contribution in [0.25, 0.3) is 10.9 Å². The van der Waals surface area contributed by atoms with Crippen molar-refractivity contribution in [2.24, 2.45) is 0 Å². The molecule has 1 N–H and O–H groups in total. The van der Waals surface area contributed by atoms with Gasteiger partial charge in [0.1, 0.15) is 16.6 Å². The summed E-state index contributed by atoms with van der Waals surface area (Å²) in [4.78, 5) is 35.9. The van der Waals surface area contributed by atoms with Crippen molar-refractivity contribution in [3.05, 3.63) is 45.9 Å². The number of ether oxygens (including phenoxy) is 1. The number of carbonyl (C=O) groups excluding carboxylic acids is 2. The molecule has 2 aromatic heterocycles. The highest BCUT2D eigenvalue weighted by Gasteiger charge is 2.39. The zero-order chi connectivity index (χ0) is 22.2. The second-order valence-corrected chi connectivity index (χ2v) is 10.2. The van der Waals surface area contributed by atoms with Gasteiger partial charge in [-0.05, 0) is 63.9 Å². The number of fused-ring (bicyclic) bond motifs is 1. The van der Waals surface area contributed by atoms with E-state index in [0.717, 1.165) is 39.4 Å². The molecule has 1 amide bonds. The molecule has 1 aliphatic carbocycles. The summed E-state index contributed by atoms with van der Waals surface area (Å²) in [5.41, 5.74) is 0.782. The molecule has 0 bridgehead atoms. The summed E-state index contributed by atoms with van der Waals surface area (Å²) in [6, 6.07) is 9.36. The number of rotatable bonds is 8. The van der Waals surface area contributed by atoms with Crippen LogP contribution in [0.1, 0.15) is 53.0 Å². The standard InChI is InChI=1S/C23H25N3O3S2/c1-13(21(28)26-23(3)9-10-23)19-7-8-20(31-19)18(27)12-30-22-16-11-15(29-4)5-6-17(16)24-14(2)25-22/h5-8,11,13H,9-10,12H2,1-4H3,(H,26,28). The van der Waals surface area contributed by atoms with Crippen LogP contribution in [0.3, 0.4) is 0 Å². The van der Waals surface area contributed by atoms with E-state index in [2.05, 4.69) is 22.2 Å². The predicted molar refractivity (Wildman–Crippen MR) is 124 cm³/mol. The van der Waals surface area contributed by atoms with Crippen molar-refractivity contribution in [3.63, 3.8) is 0 Å². The number of thiophene rings is 1. The molecular formula is C23H25N3O3S2. The Morgan fingerprint density at radius 1 is 1.26 bits per heavy atom. The fourth-order valence-corrected chi connectivity index (χ4v) is 5.24. The van der Waals surface area contributed by atoms with Crippen molar-refractivity contribution in [2.45, 2.75) is 50.1 Å². The molecule has 0 aliphatic heterocycles. The first-order chi connectivity index (χ1) is 14.8. The monoisotopic (exact) mass is 455 g/mol. The Morgan fingerprint density at radius 2 is 2.03 bits per heavy atom. The van der Waals surface area contributed by atoms with Crippen molar-refractivity contribution in [3.8, 4) is 5.75 Å². The number of nitrogens with one attached hydrogen (secondary N) is 1. The Kier molecular flexibility index (Phi) is 6.03. The van der Waals surface area contributed by atoms with E-state index in [0.29, 0.717) is 10.7 Å². The highest BCUT2D eigenvalue weighted by atomic mass is 32.2. The van der Waals surface area contributed by atoms with Crippen LogP contribution in [0.4, 0.5) is 0 Å². The van der Waals surface area contributed by atoms with Gasteiger partial charge in [0, 0.05) is 15.8 Å². The maximum atomic E-state index is 12.8. The van der Waals surface area contributed by atoms with Crippen LogP contribution < -0.4 is 10.1 Å². The van der Waals surface area contributed by atoms with Crippen molar-refractivity contribution < 1.29 is 14.3 Å². The lowest BCUT2D eigenvalue weighted by Crippen LogP contribution is -2.36. The van der Waals surface area contributed by atoms with Gasteiger partial charge in [-0.2, -0.15) is 0 Å². The van der Waals surface area contributed by atoms with Crippen molar-refractivity contribution in [1.82, 2.24) is 15.3 Å². The summed E-state index contributed by atoms with van der Waals surface area (Å²) in [7, 11) is 1.62. The maximum Gasteiger partial charge on any atom is 0.228 e. The third kappa shape index (κ3) is 4.91. The molecule has 1 atom stereocenters. The number of hydrogen-bond donors (Lipinski definition) is 1. The molecule has 1 aromatic carbocycles. The summed E-state index contributed by atoms with van der Waals surface area (Å²) in [6.07, 6.45) is 2.06. The lowest BCUT2D eigenvalue weighted by atomic mass is 10.1. The van der Waals surface area contributed by atoms with E-state index < -0.39 is 0 Å². The molecule has 1 aliphatic rings. The van der Waals surface area contributed by atoms with Crippen molar-refractivity contribution in [2.75, 3.05) is 12.9 Å². The summed E-state index contributed by atoms with van der Waals surface area (Å²) in [5.74, 6) is 1.43. The first-order valence-corrected chi connectivity index (χ1v) is 12.0. The number of nitrogens with zero attached hydrogens (tertiary/aromatic N) is 2. The molecular weight excluding hydrogens is 430 g/mol. The third-order valence-electron chi connectivity index (χ3n) is 5.47. The number of carbonyl (C=O) groups is 2. The van der Waals surface area contributed by atoms with Gasteiger partial charge in [0.2, 0.25) is 5.91 Å². The topological polar surface area (TPSA) is 81.2 Å². The first kappa shape index (κ1) is 21.8. The number of amides is 1. The number of aromatic nitrogens is 2. The average molecular weight is 456 g/mol. The van der Waals surface area contributed by atoms with E-state index in [1.165, 1.54) is 23.1 Å². The largest absolute Gasteiger partial charge is 0.497 e. The normalized spacial score (nSPS) is 15.5. The molecule has 0 saturated heterocycles. The number of Topliss-reactive ketones (excluding diaryl/α,β-unsaturated/α-hetero) is 1. The minimum atomic E-state index is -0.266. The van der Waals surface area contributed by atoms with Crippen LogP contribution in [0, 0.1) is 6.92 Å². The zero-order valence-electron chi connectivity index (χ0n) is 18.0. The van der Waals surface area contributed by atoms with E-state index in [-0.39, 0.29) is 28.9 Å². The average Bonchev–Trinajstić information content (AvgIpc) is 3.26. The van der Waals surface area contributed by atoms with Gasteiger partial charge in [-0.25, -0.2) is 9.97 Å². The highest BCUT2D eigenvalue weighted by Crippen LogP contribution is 2.36. The molecule has 162 valence electrons. The van der Waals surface area contributed by atoms with Crippen LogP contribution >= 0.6 is 23.1 Å². The minimum Gasteiger partial charge on any atom is -0.497 e. The van der Waals surface area contributed by atoms with Gasteiger partial charge < -0.3 is 10.1 Å². The quantitative estimate of drug-likeness (QED) is 0.300. The molecule has 1 unspecified atom stereocenters. The van der Waals surface area contributed by atoms with Crippen molar-refractivity contribution in [1.29, 1.82) is 0 Å². The number of methoxy groups -OCH3 is 1. The smallest absolute Gasteiger partial charge is 0.228 e. The summed E-state index contributed by atoms with van der Waals surface area (Å²) in [6.45, 7) is 5.79. The number of aryl methyl sites for hydroxylation is 1. The number of hydrogen-bond acceptors (Lipinski definition) is 7. The van der Waals surface area contributed by atoms with E-state index in [4.69, 9.17) is 4.74 Å². The summed E-state index contributed by atoms with van der Waals surface area (Å²) < 4.78 is 5.32. The fourth-order valence-electron chi connectivity index (χ4n) is 3.22. The van der Waals surface area contributed by atoms with Crippen LogP contribution in [-0.4, -0.2) is 40.1 Å². The molecule has 8 heteroatoms. The molecule has 6 nitrogen and oxygen atoms in total. The number of thioether (sulfide) groups is 1. The maximum absolute atomic E-state index is 12.8. The van der Waals surface area contributed by atoms with Gasteiger partial charge in [0.25, 0.3) is 0 Å². The Labute approximate surface area is 189 Å². The zero-order valence-corrected chi connectivity index (χ0v) is 19.7. The van der Waals surface area contributed by atoms with Gasteiger partial charge >= 0.3 is 0 Å². The lowest BCUT2D eigenvalue weighted by molar-refractivity contribution is -0.123. The molecule has 1 saturated carbocycles. The Hall–Kier alpha value is -2.45. The molecule has 31 heavy (non-hydrogen) atoms. The molecule has 3 aromatic rings. The number of ketones is 1. The molecule has 0 radical (unpaired) electrons. The van der Waals surface area contributed by atoms with Gasteiger partial charge in [-0.15, -0.1) is 11.3 Å². The van der Waals surface area contributed by atoms with E-state index in [1.54, 1.807) is 7.11 Å². The number of benzene rings is 1. The second-order valence-electron chi connectivity index (χ2n) is 8.14. The summed E-state index contributed by atoms with van der Waals surface area (Å²) in [5, 5.41) is 4.73.